The summed E-state index contributed by atoms with van der Waals surface area (Å²) in [4.78, 5) is 0. The molecule has 0 fully saturated rings. The van der Waals surface area contributed by atoms with Crippen LogP contribution in [0, 0.1) is 24.1 Å². The molecule has 0 radical (unpaired) electrons. The van der Waals surface area contributed by atoms with E-state index in [1.54, 1.807) is 0 Å². The second-order valence-electron chi connectivity index (χ2n) is 5.05. The van der Waals surface area contributed by atoms with Gasteiger partial charge in [-0.1, -0.05) is 26.0 Å². The molecule has 0 saturated carbocycles. The third-order valence-corrected chi connectivity index (χ3v) is 3.07. The summed E-state index contributed by atoms with van der Waals surface area (Å²) in [6.45, 7) is 6.13. The number of benzene rings is 2. The van der Waals surface area contributed by atoms with Crippen LogP contribution in [0.4, 0.5) is 4.39 Å². The van der Waals surface area contributed by atoms with E-state index in [9.17, 15) is 4.39 Å². The second kappa shape index (κ2) is 5.75. The molecule has 0 aromatic heterocycles. The highest BCUT2D eigenvalue weighted by molar-refractivity contribution is 5.48. The van der Waals surface area contributed by atoms with E-state index in [2.05, 4.69) is 13.8 Å². The summed E-state index contributed by atoms with van der Waals surface area (Å²) in [6.07, 6.45) is 0. The van der Waals surface area contributed by atoms with Crippen molar-refractivity contribution in [2.45, 2.75) is 26.7 Å². The van der Waals surface area contributed by atoms with Crippen LogP contribution in [0.3, 0.4) is 0 Å². The minimum Gasteiger partial charge on any atom is -0.456 e. The molecule has 3 heteroatoms. The van der Waals surface area contributed by atoms with Crippen molar-refractivity contribution in [1.82, 2.24) is 0 Å². The van der Waals surface area contributed by atoms with Crippen molar-refractivity contribution < 1.29 is 9.13 Å². The third-order valence-electron chi connectivity index (χ3n) is 3.07. The quantitative estimate of drug-likeness (QED) is 0.792. The number of aryl methyl sites for hydroxylation is 1. The van der Waals surface area contributed by atoms with Crippen molar-refractivity contribution in [3.8, 4) is 17.6 Å². The van der Waals surface area contributed by atoms with E-state index in [1.165, 1.54) is 18.2 Å². The number of nitriles is 1. The molecule has 0 amide bonds. The summed E-state index contributed by atoms with van der Waals surface area (Å²) in [5, 5.41) is 9.06. The Balaban J connectivity index is 2.45. The van der Waals surface area contributed by atoms with Crippen molar-refractivity contribution in [2.24, 2.45) is 0 Å². The summed E-state index contributed by atoms with van der Waals surface area (Å²) in [7, 11) is 0. The minimum absolute atomic E-state index is 0.196. The van der Waals surface area contributed by atoms with Crippen LogP contribution in [0.2, 0.25) is 0 Å². The molecule has 0 aliphatic rings. The van der Waals surface area contributed by atoms with Gasteiger partial charge in [-0.2, -0.15) is 5.26 Å². The van der Waals surface area contributed by atoms with Gasteiger partial charge in [0.15, 0.2) is 0 Å². The monoisotopic (exact) mass is 269 g/mol. The van der Waals surface area contributed by atoms with Gasteiger partial charge in [-0.05, 0) is 48.2 Å². The molecule has 0 spiro atoms. The molecular formula is C17H16FNO. The van der Waals surface area contributed by atoms with Gasteiger partial charge in [0.25, 0.3) is 0 Å². The maximum Gasteiger partial charge on any atom is 0.145 e. The highest BCUT2D eigenvalue weighted by atomic mass is 19.1. The molecule has 2 rings (SSSR count). The molecule has 2 nitrogen and oxygen atoms in total. The second-order valence-corrected chi connectivity index (χ2v) is 5.05. The van der Waals surface area contributed by atoms with Crippen molar-refractivity contribution >= 4 is 0 Å². The Morgan fingerprint density at radius 3 is 2.50 bits per heavy atom. The standard InChI is InChI=1S/C17H16FNO/c1-11(2)15-6-4-12(3)8-17(15)20-16-7-5-14(18)9-13(16)10-19/h4-9,11H,1-3H3. The number of nitrogens with zero attached hydrogens (tertiary/aromatic N) is 1. The number of hydrogen-bond donors (Lipinski definition) is 0. The van der Waals surface area contributed by atoms with Gasteiger partial charge in [-0.25, -0.2) is 4.39 Å². The first-order valence-electron chi connectivity index (χ1n) is 6.49. The van der Waals surface area contributed by atoms with Crippen molar-refractivity contribution in [1.29, 1.82) is 5.26 Å². The fourth-order valence-corrected chi connectivity index (χ4v) is 2.00. The number of ether oxygens (including phenoxy) is 1. The van der Waals surface area contributed by atoms with Gasteiger partial charge in [-0.3, -0.25) is 0 Å². The Bertz CT molecular complexity index is 671. The molecular weight excluding hydrogens is 253 g/mol. The van der Waals surface area contributed by atoms with Gasteiger partial charge >= 0.3 is 0 Å². The zero-order valence-electron chi connectivity index (χ0n) is 11.8. The van der Waals surface area contributed by atoms with Crippen LogP contribution in [0.1, 0.15) is 36.5 Å². The number of halogens is 1. The largest absolute Gasteiger partial charge is 0.456 e. The average Bonchev–Trinajstić information content (AvgIpc) is 2.40. The normalized spacial score (nSPS) is 10.4. The van der Waals surface area contributed by atoms with Crippen molar-refractivity contribution in [3.63, 3.8) is 0 Å². The van der Waals surface area contributed by atoms with Gasteiger partial charge in [0.1, 0.15) is 23.4 Å². The van der Waals surface area contributed by atoms with Crippen LogP contribution in [0.5, 0.6) is 11.5 Å². The van der Waals surface area contributed by atoms with E-state index < -0.39 is 5.82 Å². The molecule has 2 aromatic rings. The van der Waals surface area contributed by atoms with Crippen LogP contribution < -0.4 is 4.74 Å². The summed E-state index contributed by atoms with van der Waals surface area (Å²) in [6, 6.07) is 11.9. The average molecular weight is 269 g/mol. The molecule has 0 aliphatic heterocycles. The summed E-state index contributed by atoms with van der Waals surface area (Å²) in [5.41, 5.74) is 2.33. The molecule has 102 valence electrons. The molecule has 2 aromatic carbocycles. The molecule has 20 heavy (non-hydrogen) atoms. The minimum atomic E-state index is -0.442. The van der Waals surface area contributed by atoms with Gasteiger partial charge in [0.2, 0.25) is 0 Å². The van der Waals surface area contributed by atoms with Gasteiger partial charge in [-0.15, -0.1) is 0 Å². The highest BCUT2D eigenvalue weighted by Crippen LogP contribution is 2.33. The molecule has 0 heterocycles. The topological polar surface area (TPSA) is 33.0 Å². The predicted molar refractivity (Wildman–Crippen MR) is 76.5 cm³/mol. The smallest absolute Gasteiger partial charge is 0.145 e. The van der Waals surface area contributed by atoms with Gasteiger partial charge < -0.3 is 4.74 Å². The molecule has 0 aliphatic carbocycles. The first kappa shape index (κ1) is 14.1. The lowest BCUT2D eigenvalue weighted by Crippen LogP contribution is -1.96. The first-order chi connectivity index (χ1) is 9.51. The predicted octanol–water partition coefficient (Wildman–Crippen LogP) is 4.92. The Hall–Kier alpha value is -2.34. The third kappa shape index (κ3) is 2.97. The van der Waals surface area contributed by atoms with E-state index >= 15 is 0 Å². The van der Waals surface area contributed by atoms with Gasteiger partial charge in [0.05, 0.1) is 5.56 Å². The van der Waals surface area contributed by atoms with E-state index in [0.717, 1.165) is 11.1 Å². The summed E-state index contributed by atoms with van der Waals surface area (Å²) >= 11 is 0. The molecule has 0 atom stereocenters. The Kier molecular flexibility index (Phi) is 4.05. The summed E-state index contributed by atoms with van der Waals surface area (Å²) in [5.74, 6) is 0.948. The van der Waals surface area contributed by atoms with Crippen LogP contribution >= 0.6 is 0 Å². The fraction of sp³-hybridized carbons (Fsp3) is 0.235. The number of rotatable bonds is 3. The zero-order chi connectivity index (χ0) is 14.7. The van der Waals surface area contributed by atoms with Crippen LogP contribution in [0.25, 0.3) is 0 Å². The first-order valence-corrected chi connectivity index (χ1v) is 6.49. The Morgan fingerprint density at radius 2 is 1.85 bits per heavy atom. The maximum atomic E-state index is 13.1. The van der Waals surface area contributed by atoms with E-state index in [4.69, 9.17) is 10.00 Å². The van der Waals surface area contributed by atoms with Crippen LogP contribution in [0.15, 0.2) is 36.4 Å². The molecule has 0 N–H and O–H groups in total. The SMILES string of the molecule is Cc1ccc(C(C)C)c(Oc2ccc(F)cc2C#N)c1. The van der Waals surface area contributed by atoms with Crippen LogP contribution in [-0.4, -0.2) is 0 Å². The lowest BCUT2D eigenvalue weighted by molar-refractivity contribution is 0.469. The Labute approximate surface area is 118 Å². The van der Waals surface area contributed by atoms with E-state index in [-0.39, 0.29) is 5.56 Å². The van der Waals surface area contributed by atoms with E-state index in [1.807, 2.05) is 31.2 Å². The van der Waals surface area contributed by atoms with Gasteiger partial charge in [0, 0.05) is 0 Å². The molecule has 0 bridgehead atoms. The van der Waals surface area contributed by atoms with E-state index in [0.29, 0.717) is 17.4 Å². The van der Waals surface area contributed by atoms with Crippen LogP contribution in [-0.2, 0) is 0 Å². The lowest BCUT2D eigenvalue weighted by Gasteiger charge is -2.15. The van der Waals surface area contributed by atoms with Crippen molar-refractivity contribution in [3.05, 3.63) is 58.9 Å². The highest BCUT2D eigenvalue weighted by Gasteiger charge is 2.12. The molecule has 0 saturated heterocycles. The zero-order valence-corrected chi connectivity index (χ0v) is 11.8. The lowest BCUT2D eigenvalue weighted by atomic mass is 10.0. The molecule has 0 unspecified atom stereocenters. The summed E-state index contributed by atoms with van der Waals surface area (Å²) < 4.78 is 19.0. The fourth-order valence-electron chi connectivity index (χ4n) is 2.00. The van der Waals surface area contributed by atoms with Crippen molar-refractivity contribution in [2.75, 3.05) is 0 Å². The number of hydrogen-bond acceptors (Lipinski definition) is 2. The maximum absolute atomic E-state index is 13.1. The Morgan fingerprint density at radius 1 is 1.10 bits per heavy atom.